The van der Waals surface area contributed by atoms with E-state index in [1.54, 1.807) is 36.4 Å². The minimum Gasteiger partial charge on any atom is -0.493 e. The minimum absolute atomic E-state index is 0.0251. The number of benzene rings is 2. The summed E-state index contributed by atoms with van der Waals surface area (Å²) >= 11 is 7.43. The standard InChI is InChI=1S/C23H18ClN3O5S/c1-4-17-25-26-23(33-17)27-19(11-5-7-15(30-2)16(9-11)31-3)18-20(28)13-10-12(24)6-8-14(13)32-21(18)22(27)29/h5-10,19H,4H2,1-3H3. The van der Waals surface area contributed by atoms with Crippen molar-refractivity contribution in [3.8, 4) is 11.5 Å². The molecule has 2 aromatic carbocycles. The zero-order valence-electron chi connectivity index (χ0n) is 17.9. The monoisotopic (exact) mass is 483 g/mol. The molecule has 33 heavy (non-hydrogen) atoms. The van der Waals surface area contributed by atoms with Gasteiger partial charge in [-0.1, -0.05) is 35.9 Å². The van der Waals surface area contributed by atoms with Gasteiger partial charge in [-0.25, -0.2) is 0 Å². The molecule has 168 valence electrons. The number of methoxy groups -OCH3 is 2. The molecule has 1 atom stereocenters. The van der Waals surface area contributed by atoms with E-state index in [1.807, 2.05) is 6.92 Å². The molecular weight excluding hydrogens is 466 g/mol. The Morgan fingerprint density at radius 3 is 2.58 bits per heavy atom. The lowest BCUT2D eigenvalue weighted by Crippen LogP contribution is -2.29. The molecule has 0 saturated heterocycles. The summed E-state index contributed by atoms with van der Waals surface area (Å²) in [5.74, 6) is 0.509. The number of hydrogen-bond acceptors (Lipinski definition) is 8. The Balaban J connectivity index is 1.80. The van der Waals surface area contributed by atoms with Crippen molar-refractivity contribution in [2.45, 2.75) is 19.4 Å². The number of rotatable bonds is 5. The van der Waals surface area contributed by atoms with Gasteiger partial charge in [-0.2, -0.15) is 0 Å². The predicted molar refractivity (Wildman–Crippen MR) is 125 cm³/mol. The summed E-state index contributed by atoms with van der Waals surface area (Å²) in [6.07, 6.45) is 0.674. The van der Waals surface area contributed by atoms with Crippen LogP contribution in [0, 0.1) is 0 Å². The first-order chi connectivity index (χ1) is 16.0. The molecule has 4 aromatic rings. The number of carbonyl (C=O) groups is 1. The molecule has 1 unspecified atom stereocenters. The number of anilines is 1. The van der Waals surface area contributed by atoms with Crippen molar-refractivity contribution in [3.63, 3.8) is 0 Å². The van der Waals surface area contributed by atoms with Crippen LogP contribution in [0.3, 0.4) is 0 Å². The van der Waals surface area contributed by atoms with Gasteiger partial charge in [0.1, 0.15) is 10.6 Å². The zero-order chi connectivity index (χ0) is 23.3. The molecule has 3 heterocycles. The minimum atomic E-state index is -0.787. The van der Waals surface area contributed by atoms with Crippen LogP contribution < -0.4 is 19.8 Å². The molecule has 0 aliphatic carbocycles. The highest BCUT2D eigenvalue weighted by Gasteiger charge is 2.45. The summed E-state index contributed by atoms with van der Waals surface area (Å²) in [4.78, 5) is 28.7. The van der Waals surface area contributed by atoms with Gasteiger partial charge in [-0.15, -0.1) is 10.2 Å². The van der Waals surface area contributed by atoms with Gasteiger partial charge < -0.3 is 13.9 Å². The van der Waals surface area contributed by atoms with E-state index in [1.165, 1.54) is 30.5 Å². The number of halogens is 1. The van der Waals surface area contributed by atoms with Crippen molar-refractivity contribution in [1.29, 1.82) is 0 Å². The molecule has 1 amide bonds. The van der Waals surface area contributed by atoms with Crippen LogP contribution in [-0.2, 0) is 6.42 Å². The fraction of sp³-hybridized carbons (Fsp3) is 0.217. The van der Waals surface area contributed by atoms with Crippen molar-refractivity contribution >= 4 is 44.9 Å². The second-order valence-electron chi connectivity index (χ2n) is 7.34. The summed E-state index contributed by atoms with van der Waals surface area (Å²) < 4.78 is 16.7. The molecular formula is C23H18ClN3O5S. The second-order valence-corrected chi connectivity index (χ2v) is 8.82. The SMILES string of the molecule is CCc1nnc(N2C(=O)c3oc4ccc(Cl)cc4c(=O)c3C2c2ccc(OC)c(OC)c2)s1. The highest BCUT2D eigenvalue weighted by atomic mass is 35.5. The normalized spacial score (nSPS) is 15.2. The number of aryl methyl sites for hydroxylation is 1. The molecule has 1 aliphatic rings. The van der Waals surface area contributed by atoms with Crippen molar-refractivity contribution in [1.82, 2.24) is 10.2 Å². The number of nitrogens with zero attached hydrogens (tertiary/aromatic N) is 3. The van der Waals surface area contributed by atoms with Crippen molar-refractivity contribution < 1.29 is 18.7 Å². The fourth-order valence-corrected chi connectivity index (χ4v) is 4.94. The Hall–Kier alpha value is -3.43. The number of ether oxygens (including phenoxy) is 2. The van der Waals surface area contributed by atoms with Gasteiger partial charge in [0.15, 0.2) is 16.9 Å². The topological polar surface area (TPSA) is 94.8 Å². The summed E-state index contributed by atoms with van der Waals surface area (Å²) in [6.45, 7) is 1.96. The van der Waals surface area contributed by atoms with Crippen molar-refractivity contribution in [2.75, 3.05) is 19.1 Å². The Kier molecular flexibility index (Phi) is 5.30. The van der Waals surface area contributed by atoms with Crippen LogP contribution in [0.5, 0.6) is 11.5 Å². The fourth-order valence-electron chi connectivity index (χ4n) is 3.97. The average Bonchev–Trinajstić information content (AvgIpc) is 3.41. The average molecular weight is 484 g/mol. The zero-order valence-corrected chi connectivity index (χ0v) is 19.5. The Morgan fingerprint density at radius 2 is 1.88 bits per heavy atom. The first-order valence-electron chi connectivity index (χ1n) is 10.1. The lowest BCUT2D eigenvalue weighted by atomic mass is 9.98. The molecule has 1 aliphatic heterocycles. The first-order valence-corrected chi connectivity index (χ1v) is 11.3. The molecule has 2 aromatic heterocycles. The quantitative estimate of drug-likeness (QED) is 0.408. The van der Waals surface area contributed by atoms with E-state index >= 15 is 0 Å². The van der Waals surface area contributed by atoms with E-state index in [9.17, 15) is 9.59 Å². The third-order valence-electron chi connectivity index (χ3n) is 5.52. The Labute approximate surface area is 197 Å². The highest BCUT2D eigenvalue weighted by molar-refractivity contribution is 7.15. The van der Waals surface area contributed by atoms with Crippen LogP contribution in [0.15, 0.2) is 45.6 Å². The Morgan fingerprint density at radius 1 is 1.09 bits per heavy atom. The Bertz CT molecular complexity index is 1460. The van der Waals surface area contributed by atoms with Crippen LogP contribution in [0.2, 0.25) is 5.02 Å². The molecule has 8 nitrogen and oxygen atoms in total. The molecule has 0 spiro atoms. The van der Waals surface area contributed by atoms with E-state index < -0.39 is 11.9 Å². The van der Waals surface area contributed by atoms with Crippen LogP contribution in [0.4, 0.5) is 5.13 Å². The number of carbonyl (C=O) groups excluding carboxylic acids is 1. The van der Waals surface area contributed by atoms with Crippen LogP contribution in [-0.4, -0.2) is 30.3 Å². The van der Waals surface area contributed by atoms with Gasteiger partial charge in [0.05, 0.1) is 31.2 Å². The lowest BCUT2D eigenvalue weighted by molar-refractivity contribution is 0.0970. The molecule has 0 fully saturated rings. The second kappa shape index (κ2) is 8.17. The summed E-state index contributed by atoms with van der Waals surface area (Å²) in [7, 11) is 3.06. The third-order valence-corrected chi connectivity index (χ3v) is 6.82. The maximum Gasteiger partial charge on any atom is 0.297 e. The smallest absolute Gasteiger partial charge is 0.297 e. The number of fused-ring (bicyclic) bond motifs is 2. The van der Waals surface area contributed by atoms with Crippen LogP contribution in [0.1, 0.15) is 39.7 Å². The van der Waals surface area contributed by atoms with Gasteiger partial charge in [-0.05, 0) is 42.3 Å². The number of aromatic nitrogens is 2. The molecule has 0 radical (unpaired) electrons. The lowest BCUT2D eigenvalue weighted by Gasteiger charge is -2.23. The van der Waals surface area contributed by atoms with E-state index in [0.717, 1.165) is 5.01 Å². The molecule has 10 heteroatoms. The summed E-state index contributed by atoms with van der Waals surface area (Å²) in [5, 5.41) is 10.2. The molecule has 0 N–H and O–H groups in total. The molecule has 0 bridgehead atoms. The predicted octanol–water partition coefficient (Wildman–Crippen LogP) is 4.63. The van der Waals surface area contributed by atoms with Crippen molar-refractivity contribution in [3.05, 3.63) is 73.5 Å². The van der Waals surface area contributed by atoms with E-state index in [0.29, 0.717) is 39.0 Å². The van der Waals surface area contributed by atoms with E-state index in [-0.39, 0.29) is 22.3 Å². The first kappa shape index (κ1) is 21.4. The third kappa shape index (κ3) is 3.35. The largest absolute Gasteiger partial charge is 0.493 e. The molecule has 5 rings (SSSR count). The van der Waals surface area contributed by atoms with E-state index in [2.05, 4.69) is 10.2 Å². The summed E-state index contributed by atoms with van der Waals surface area (Å²) in [6, 6.07) is 9.20. The van der Waals surface area contributed by atoms with Gasteiger partial charge >= 0.3 is 0 Å². The van der Waals surface area contributed by atoms with Gasteiger partial charge in [0.25, 0.3) is 5.91 Å². The van der Waals surface area contributed by atoms with Gasteiger partial charge in [-0.3, -0.25) is 14.5 Å². The maximum atomic E-state index is 13.6. The van der Waals surface area contributed by atoms with Gasteiger partial charge in [0, 0.05) is 5.02 Å². The van der Waals surface area contributed by atoms with Crippen molar-refractivity contribution in [2.24, 2.45) is 0 Å². The highest BCUT2D eigenvalue weighted by Crippen LogP contribution is 2.44. The van der Waals surface area contributed by atoms with Gasteiger partial charge in [0.2, 0.25) is 10.9 Å². The number of amides is 1. The van der Waals surface area contributed by atoms with E-state index in [4.69, 9.17) is 25.5 Å². The maximum absolute atomic E-state index is 13.6. The van der Waals surface area contributed by atoms with Crippen LogP contribution >= 0.6 is 22.9 Å². The number of hydrogen-bond donors (Lipinski definition) is 0. The summed E-state index contributed by atoms with van der Waals surface area (Å²) in [5.41, 5.74) is 0.817. The molecule has 0 saturated carbocycles. The van der Waals surface area contributed by atoms with Crippen LogP contribution in [0.25, 0.3) is 11.0 Å².